The van der Waals surface area contributed by atoms with Crippen molar-refractivity contribution in [3.05, 3.63) is 82.9 Å². The first-order valence-electron chi connectivity index (χ1n) is 21.4. The highest BCUT2D eigenvalue weighted by molar-refractivity contribution is 6.05. The standard InChI is InChI=1S/C46H59N13O7/c1-25-41(60)56-33(42(61)53-19-16-48)23-26-6-12-34(65-20-17-49)30(22-26)31-24-28(9-13-35(31)66-21-18-50)37(44(63)54-25)59(5)45(64)32(14-15-47)55-43(62)36-38(51)57-40(58-39(36)52)27-7-10-29(11-8-27)46(2,3)4/h6-13,22,24-25,32-33,37H,14-15,17-21,23,47,49-50H2,1-5H3,(H,53,61)(H,54,63)(H,55,62)(H,56,60)(H4,51,52,57,58)/t25-,32?,33-,37-/m0/s1. The average molecular weight is 906 g/mol. The topological polar surface area (TPSA) is 335 Å². The summed E-state index contributed by atoms with van der Waals surface area (Å²) in [4.78, 5) is 80.1. The normalized spacial score (nSPS) is 16.6. The van der Waals surface area contributed by atoms with Gasteiger partial charge in [0.05, 0.1) is 6.07 Å². The Balaban J connectivity index is 1.57. The molecule has 0 saturated carbocycles. The van der Waals surface area contributed by atoms with Gasteiger partial charge in [0.15, 0.2) is 5.82 Å². The number of amides is 5. The van der Waals surface area contributed by atoms with Crippen molar-refractivity contribution in [2.75, 3.05) is 57.9 Å². The Kier molecular flexibility index (Phi) is 16.6. The van der Waals surface area contributed by atoms with Gasteiger partial charge in [0.25, 0.3) is 5.91 Å². The van der Waals surface area contributed by atoms with Gasteiger partial charge in [-0.25, -0.2) is 9.97 Å². The van der Waals surface area contributed by atoms with Crippen LogP contribution in [0.5, 0.6) is 11.5 Å². The van der Waals surface area contributed by atoms with E-state index in [0.717, 1.165) is 10.5 Å². The van der Waals surface area contributed by atoms with Crippen LogP contribution in [-0.4, -0.2) is 109 Å². The van der Waals surface area contributed by atoms with Gasteiger partial charge in [-0.2, -0.15) is 5.26 Å². The van der Waals surface area contributed by atoms with Gasteiger partial charge in [-0.3, -0.25) is 24.0 Å². The molecule has 0 spiro atoms. The number of anilines is 2. The Labute approximate surface area is 383 Å². The van der Waals surface area contributed by atoms with E-state index < -0.39 is 53.7 Å². The van der Waals surface area contributed by atoms with Crippen LogP contribution < -0.4 is 59.4 Å². The van der Waals surface area contributed by atoms with Gasteiger partial charge < -0.3 is 64.3 Å². The van der Waals surface area contributed by atoms with E-state index in [9.17, 15) is 24.0 Å². The molecule has 0 radical (unpaired) electrons. The molecule has 350 valence electrons. The van der Waals surface area contributed by atoms with E-state index in [1.54, 1.807) is 36.4 Å². The Morgan fingerprint density at radius 1 is 0.879 bits per heavy atom. The number of ether oxygens (including phenoxy) is 2. The van der Waals surface area contributed by atoms with Crippen LogP contribution in [0.1, 0.15) is 67.2 Å². The number of fused-ring (bicyclic) bond motifs is 5. The zero-order chi connectivity index (χ0) is 48.3. The molecule has 5 rings (SSSR count). The van der Waals surface area contributed by atoms with Crippen molar-refractivity contribution in [2.45, 2.75) is 70.1 Å². The highest BCUT2D eigenvalue weighted by atomic mass is 16.5. The maximum absolute atomic E-state index is 14.7. The first-order chi connectivity index (χ1) is 31.4. The summed E-state index contributed by atoms with van der Waals surface area (Å²) in [6.45, 7) is 7.90. The Hall–Kier alpha value is -7.34. The summed E-state index contributed by atoms with van der Waals surface area (Å²) < 4.78 is 12.2. The lowest BCUT2D eigenvalue weighted by molar-refractivity contribution is -0.141. The smallest absolute Gasteiger partial charge is 0.259 e. The van der Waals surface area contributed by atoms with Crippen molar-refractivity contribution in [3.8, 4) is 40.1 Å². The minimum atomic E-state index is -1.45. The maximum atomic E-state index is 14.7. The van der Waals surface area contributed by atoms with Crippen molar-refractivity contribution in [1.29, 1.82) is 5.26 Å². The second-order valence-electron chi connectivity index (χ2n) is 16.7. The van der Waals surface area contributed by atoms with E-state index in [0.29, 0.717) is 33.8 Å². The number of nitrogen functional groups attached to an aromatic ring is 2. The van der Waals surface area contributed by atoms with Crippen LogP contribution >= 0.6 is 0 Å². The van der Waals surface area contributed by atoms with Crippen molar-refractivity contribution in [3.63, 3.8) is 0 Å². The third-order valence-corrected chi connectivity index (χ3v) is 10.8. The SMILES string of the molecule is C[C@@H]1NC(=O)[C@@H](N(C)C(=O)C(CCN)NC(=O)c2c(N)nc(-c3ccc(C(C)(C)C)cc3)nc2N)c2ccc(OCCN)c(c2)-c2cc(ccc2OCCN)C[C@@H](C(=O)NCC#N)NC1=O. The van der Waals surface area contributed by atoms with E-state index in [-0.39, 0.29) is 86.2 Å². The van der Waals surface area contributed by atoms with Gasteiger partial charge >= 0.3 is 0 Å². The quantitative estimate of drug-likeness (QED) is 0.0745. The molecule has 4 bridgehead atoms. The Morgan fingerprint density at radius 2 is 1.48 bits per heavy atom. The van der Waals surface area contributed by atoms with E-state index in [1.807, 2.05) is 30.3 Å². The van der Waals surface area contributed by atoms with Crippen molar-refractivity contribution < 1.29 is 33.4 Å². The van der Waals surface area contributed by atoms with Crippen LogP contribution in [0, 0.1) is 11.3 Å². The number of benzene rings is 3. The molecule has 1 aliphatic rings. The molecule has 1 aliphatic heterocycles. The van der Waals surface area contributed by atoms with Gasteiger partial charge in [0.2, 0.25) is 23.6 Å². The van der Waals surface area contributed by atoms with E-state index in [4.69, 9.17) is 43.4 Å². The summed E-state index contributed by atoms with van der Waals surface area (Å²) in [6.07, 6.45) is -0.0956. The van der Waals surface area contributed by atoms with Crippen molar-refractivity contribution in [2.24, 2.45) is 17.2 Å². The fourth-order valence-corrected chi connectivity index (χ4v) is 7.34. The number of nitrogens with zero attached hydrogens (tertiary/aromatic N) is 4. The zero-order valence-corrected chi connectivity index (χ0v) is 37.8. The third-order valence-electron chi connectivity index (χ3n) is 10.8. The number of aromatic nitrogens is 2. The number of likely N-dealkylation sites (N-methyl/N-ethyl adjacent to an activating group) is 1. The molecule has 5 amide bonds. The molecule has 20 nitrogen and oxygen atoms in total. The molecule has 0 fully saturated rings. The molecule has 14 N–H and O–H groups in total. The second-order valence-corrected chi connectivity index (χ2v) is 16.7. The summed E-state index contributed by atoms with van der Waals surface area (Å²) in [5.74, 6) is -3.29. The zero-order valence-electron chi connectivity index (χ0n) is 37.8. The lowest BCUT2D eigenvalue weighted by Gasteiger charge is -2.32. The number of nitrogens with two attached hydrogens (primary N) is 5. The summed E-state index contributed by atoms with van der Waals surface area (Å²) in [5, 5.41) is 19.7. The molecule has 1 aromatic heterocycles. The van der Waals surface area contributed by atoms with Gasteiger partial charge in [-0.05, 0) is 66.3 Å². The van der Waals surface area contributed by atoms with Gasteiger partial charge in [-0.1, -0.05) is 57.2 Å². The highest BCUT2D eigenvalue weighted by Crippen LogP contribution is 2.40. The fraction of sp³-hybridized carbons (Fsp3) is 0.391. The van der Waals surface area contributed by atoms with Crippen molar-refractivity contribution in [1.82, 2.24) is 36.1 Å². The molecule has 0 saturated heterocycles. The summed E-state index contributed by atoms with van der Waals surface area (Å²) in [7, 11) is 1.37. The van der Waals surface area contributed by atoms with Crippen LogP contribution in [-0.2, 0) is 31.0 Å². The predicted octanol–water partition coefficient (Wildman–Crippen LogP) is 0.780. The lowest BCUT2D eigenvalue weighted by Crippen LogP contribution is -2.56. The monoisotopic (exact) mass is 905 g/mol. The first kappa shape index (κ1) is 49.7. The molecule has 2 heterocycles. The third kappa shape index (κ3) is 11.9. The summed E-state index contributed by atoms with van der Waals surface area (Å²) >= 11 is 0. The number of nitriles is 1. The Morgan fingerprint density at radius 3 is 2.06 bits per heavy atom. The van der Waals surface area contributed by atoms with Crippen LogP contribution in [0.15, 0.2) is 60.7 Å². The molecule has 3 aromatic carbocycles. The van der Waals surface area contributed by atoms with E-state index >= 15 is 0 Å². The second kappa shape index (κ2) is 22.0. The van der Waals surface area contributed by atoms with Crippen LogP contribution in [0.4, 0.5) is 11.6 Å². The molecule has 20 heteroatoms. The van der Waals surface area contributed by atoms with Gasteiger partial charge in [-0.15, -0.1) is 0 Å². The van der Waals surface area contributed by atoms with E-state index in [1.165, 1.54) is 14.0 Å². The number of nitrogens with one attached hydrogen (secondary N) is 4. The fourth-order valence-electron chi connectivity index (χ4n) is 7.34. The maximum Gasteiger partial charge on any atom is 0.259 e. The number of hydrogen-bond acceptors (Lipinski definition) is 15. The minimum absolute atomic E-state index is 0.0142. The van der Waals surface area contributed by atoms with Gasteiger partial charge in [0, 0.05) is 43.2 Å². The van der Waals surface area contributed by atoms with Crippen LogP contribution in [0.3, 0.4) is 0 Å². The number of carbonyl (C=O) groups is 5. The predicted molar refractivity (Wildman–Crippen MR) is 248 cm³/mol. The van der Waals surface area contributed by atoms with Crippen molar-refractivity contribution >= 4 is 41.2 Å². The molecule has 66 heavy (non-hydrogen) atoms. The molecular weight excluding hydrogens is 847 g/mol. The number of hydrogen-bond donors (Lipinski definition) is 9. The van der Waals surface area contributed by atoms with E-state index in [2.05, 4.69) is 52.0 Å². The lowest BCUT2D eigenvalue weighted by atomic mass is 9.87. The molecule has 0 aliphatic carbocycles. The van der Waals surface area contributed by atoms with Crippen LogP contribution in [0.2, 0.25) is 0 Å². The first-order valence-corrected chi connectivity index (χ1v) is 21.4. The summed E-state index contributed by atoms with van der Waals surface area (Å²) in [5.41, 5.74) is 33.4. The largest absolute Gasteiger partial charge is 0.492 e. The number of carbonyl (C=O) groups excluding carboxylic acids is 5. The average Bonchev–Trinajstić information content (AvgIpc) is 3.28. The van der Waals surface area contributed by atoms with Crippen LogP contribution in [0.25, 0.3) is 22.5 Å². The molecule has 4 atom stereocenters. The Bertz CT molecular complexity index is 2450. The highest BCUT2D eigenvalue weighted by Gasteiger charge is 2.36. The minimum Gasteiger partial charge on any atom is -0.492 e. The molecule has 1 unspecified atom stereocenters. The summed E-state index contributed by atoms with van der Waals surface area (Å²) in [6, 6.07) is 14.2. The van der Waals surface area contributed by atoms with Gasteiger partial charge in [0.1, 0.15) is 72.6 Å². The molecule has 4 aromatic rings. The molecular formula is C46H59N13O7. The number of rotatable bonds is 15.